The Balaban J connectivity index is 2.11. The van der Waals surface area contributed by atoms with Crippen LogP contribution in [0, 0.1) is 0 Å². The molecular weight excluding hydrogens is 360 g/mol. The van der Waals surface area contributed by atoms with E-state index in [9.17, 15) is 9.59 Å². The van der Waals surface area contributed by atoms with Crippen molar-refractivity contribution >= 4 is 11.8 Å². The minimum absolute atomic E-state index is 0.0379. The first kappa shape index (κ1) is 22.7. The van der Waals surface area contributed by atoms with Gasteiger partial charge in [0.25, 0.3) is 0 Å². The van der Waals surface area contributed by atoms with Gasteiger partial charge in [0.1, 0.15) is 6.04 Å². The van der Waals surface area contributed by atoms with E-state index in [4.69, 9.17) is 0 Å². The molecule has 0 aliphatic carbocycles. The molecule has 0 heterocycles. The summed E-state index contributed by atoms with van der Waals surface area (Å²) >= 11 is 0. The van der Waals surface area contributed by atoms with E-state index in [0.29, 0.717) is 25.8 Å². The number of nitrogens with one attached hydrogen (secondary N) is 1. The molecule has 0 unspecified atom stereocenters. The number of hydrogen-bond acceptors (Lipinski definition) is 2. The molecule has 156 valence electrons. The monoisotopic (exact) mass is 394 g/mol. The highest BCUT2D eigenvalue weighted by atomic mass is 16.2. The summed E-state index contributed by atoms with van der Waals surface area (Å²) in [6.45, 7) is 6.56. The minimum Gasteiger partial charge on any atom is -0.352 e. The highest BCUT2D eigenvalue weighted by molar-refractivity contribution is 5.87. The van der Waals surface area contributed by atoms with Gasteiger partial charge in [-0.15, -0.1) is 0 Å². The number of carbonyl (C=O) groups excluding carboxylic acids is 2. The molecule has 0 aliphatic rings. The maximum Gasteiger partial charge on any atom is 0.243 e. The van der Waals surface area contributed by atoms with E-state index >= 15 is 0 Å². The first-order valence-corrected chi connectivity index (χ1v) is 10.7. The van der Waals surface area contributed by atoms with Crippen LogP contribution in [0.3, 0.4) is 0 Å². The molecule has 2 amide bonds. The standard InChI is InChI=1S/C25H34N2O2/c1-4-20(3)26-25(29)23(5-2)27(19-18-22-14-10-7-11-15-22)24(28)17-16-21-12-8-6-9-13-21/h6-15,20,23H,4-5,16-19H2,1-3H3,(H,26,29)/t20-,23-/m0/s1. The van der Waals surface area contributed by atoms with Crippen LogP contribution in [-0.2, 0) is 22.4 Å². The van der Waals surface area contributed by atoms with E-state index in [-0.39, 0.29) is 17.9 Å². The predicted octanol–water partition coefficient (Wildman–Crippen LogP) is 4.38. The fraction of sp³-hybridized carbons (Fsp3) is 0.440. The number of benzene rings is 2. The zero-order valence-electron chi connectivity index (χ0n) is 17.9. The summed E-state index contributed by atoms with van der Waals surface area (Å²) in [7, 11) is 0. The predicted molar refractivity (Wildman–Crippen MR) is 119 cm³/mol. The SMILES string of the molecule is CC[C@H](C)NC(=O)[C@H](CC)N(CCc1ccccc1)C(=O)CCc1ccccc1. The van der Waals surface area contributed by atoms with Gasteiger partial charge in [0.15, 0.2) is 0 Å². The molecule has 0 aliphatic heterocycles. The van der Waals surface area contributed by atoms with E-state index in [1.807, 2.05) is 69.3 Å². The molecule has 0 aromatic heterocycles. The van der Waals surface area contributed by atoms with E-state index in [1.165, 1.54) is 5.56 Å². The van der Waals surface area contributed by atoms with Crippen molar-refractivity contribution in [3.63, 3.8) is 0 Å². The van der Waals surface area contributed by atoms with Gasteiger partial charge in [0, 0.05) is 19.0 Å². The molecule has 4 nitrogen and oxygen atoms in total. The summed E-state index contributed by atoms with van der Waals surface area (Å²) in [5.41, 5.74) is 2.31. The molecule has 2 rings (SSSR count). The van der Waals surface area contributed by atoms with Gasteiger partial charge in [-0.2, -0.15) is 0 Å². The Labute approximate surface area is 175 Å². The minimum atomic E-state index is -0.434. The van der Waals surface area contributed by atoms with Gasteiger partial charge >= 0.3 is 0 Å². The van der Waals surface area contributed by atoms with Gasteiger partial charge in [-0.05, 0) is 43.7 Å². The molecule has 4 heteroatoms. The molecule has 0 spiro atoms. The third kappa shape index (κ3) is 7.37. The maximum atomic E-state index is 13.1. The second kappa shape index (κ2) is 12.1. The summed E-state index contributed by atoms with van der Waals surface area (Å²) in [6, 6.07) is 19.8. The lowest BCUT2D eigenvalue weighted by molar-refractivity contribution is -0.141. The summed E-state index contributed by atoms with van der Waals surface area (Å²) in [6.07, 6.45) is 3.31. The van der Waals surface area contributed by atoms with Crippen LogP contribution in [-0.4, -0.2) is 35.3 Å². The number of carbonyl (C=O) groups is 2. The van der Waals surface area contributed by atoms with Crippen LogP contribution in [0.4, 0.5) is 0 Å². The quantitative estimate of drug-likeness (QED) is 0.615. The Bertz CT molecular complexity index is 746. The van der Waals surface area contributed by atoms with Crippen LogP contribution >= 0.6 is 0 Å². The smallest absolute Gasteiger partial charge is 0.243 e. The number of nitrogens with zero attached hydrogens (tertiary/aromatic N) is 1. The molecule has 29 heavy (non-hydrogen) atoms. The molecule has 0 radical (unpaired) electrons. The van der Waals surface area contributed by atoms with Crippen LogP contribution in [0.25, 0.3) is 0 Å². The third-order valence-corrected chi connectivity index (χ3v) is 5.34. The van der Waals surface area contributed by atoms with Crippen LogP contribution < -0.4 is 5.32 Å². The lowest BCUT2D eigenvalue weighted by Crippen LogP contribution is -2.51. The Morgan fingerprint density at radius 2 is 1.41 bits per heavy atom. The van der Waals surface area contributed by atoms with Crippen LogP contribution in [0.2, 0.25) is 0 Å². The Hall–Kier alpha value is -2.62. The topological polar surface area (TPSA) is 49.4 Å². The molecule has 0 saturated heterocycles. The maximum absolute atomic E-state index is 13.1. The second-order valence-corrected chi connectivity index (χ2v) is 7.55. The summed E-state index contributed by atoms with van der Waals surface area (Å²) in [4.78, 5) is 27.8. The number of amides is 2. The van der Waals surface area contributed by atoms with Crippen molar-refractivity contribution in [2.24, 2.45) is 0 Å². The second-order valence-electron chi connectivity index (χ2n) is 7.55. The zero-order chi connectivity index (χ0) is 21.1. The highest BCUT2D eigenvalue weighted by Gasteiger charge is 2.28. The van der Waals surface area contributed by atoms with Crippen LogP contribution in [0.15, 0.2) is 60.7 Å². The van der Waals surface area contributed by atoms with Gasteiger partial charge in [0.2, 0.25) is 11.8 Å². The third-order valence-electron chi connectivity index (χ3n) is 5.34. The van der Waals surface area contributed by atoms with Gasteiger partial charge in [-0.1, -0.05) is 74.5 Å². The largest absolute Gasteiger partial charge is 0.352 e. The normalized spacial score (nSPS) is 12.8. The van der Waals surface area contributed by atoms with E-state index in [2.05, 4.69) is 17.4 Å². The zero-order valence-corrected chi connectivity index (χ0v) is 17.9. The van der Waals surface area contributed by atoms with Crippen molar-refractivity contribution in [1.82, 2.24) is 10.2 Å². The van der Waals surface area contributed by atoms with Crippen LogP contribution in [0.1, 0.15) is 51.2 Å². The first-order valence-electron chi connectivity index (χ1n) is 10.7. The Kier molecular flexibility index (Phi) is 9.42. The lowest BCUT2D eigenvalue weighted by Gasteiger charge is -2.31. The van der Waals surface area contributed by atoms with Gasteiger partial charge in [-0.25, -0.2) is 0 Å². The van der Waals surface area contributed by atoms with Crippen molar-refractivity contribution in [1.29, 1.82) is 0 Å². The van der Waals surface area contributed by atoms with E-state index in [1.54, 1.807) is 4.90 Å². The van der Waals surface area contributed by atoms with Gasteiger partial charge in [0.05, 0.1) is 0 Å². The molecule has 2 aromatic carbocycles. The van der Waals surface area contributed by atoms with Crippen molar-refractivity contribution in [3.8, 4) is 0 Å². The average molecular weight is 395 g/mol. The summed E-state index contributed by atoms with van der Waals surface area (Å²) < 4.78 is 0. The lowest BCUT2D eigenvalue weighted by atomic mass is 10.1. The first-order chi connectivity index (χ1) is 14.0. The molecule has 2 aromatic rings. The van der Waals surface area contributed by atoms with Crippen molar-refractivity contribution in [3.05, 3.63) is 71.8 Å². The van der Waals surface area contributed by atoms with Crippen molar-refractivity contribution < 1.29 is 9.59 Å². The molecule has 0 saturated carbocycles. The van der Waals surface area contributed by atoms with Gasteiger partial charge in [-0.3, -0.25) is 9.59 Å². The summed E-state index contributed by atoms with van der Waals surface area (Å²) in [5.74, 6) is -0.0149. The molecular formula is C25H34N2O2. The van der Waals surface area contributed by atoms with Crippen molar-refractivity contribution in [2.75, 3.05) is 6.54 Å². The molecule has 1 N–H and O–H groups in total. The molecule has 0 fully saturated rings. The average Bonchev–Trinajstić information content (AvgIpc) is 2.76. The van der Waals surface area contributed by atoms with Crippen LogP contribution in [0.5, 0.6) is 0 Å². The summed E-state index contributed by atoms with van der Waals surface area (Å²) in [5, 5.41) is 3.06. The number of aryl methyl sites for hydroxylation is 1. The highest BCUT2D eigenvalue weighted by Crippen LogP contribution is 2.13. The fourth-order valence-corrected chi connectivity index (χ4v) is 3.38. The molecule has 2 atom stereocenters. The number of hydrogen-bond donors (Lipinski definition) is 1. The van der Waals surface area contributed by atoms with E-state index < -0.39 is 6.04 Å². The fourth-order valence-electron chi connectivity index (χ4n) is 3.38. The van der Waals surface area contributed by atoms with Crippen molar-refractivity contribution in [2.45, 2.75) is 65.0 Å². The molecule has 0 bridgehead atoms. The van der Waals surface area contributed by atoms with E-state index in [0.717, 1.165) is 18.4 Å². The Morgan fingerprint density at radius 3 is 1.93 bits per heavy atom. The van der Waals surface area contributed by atoms with Gasteiger partial charge < -0.3 is 10.2 Å². The Morgan fingerprint density at radius 1 is 0.862 bits per heavy atom. The number of rotatable bonds is 11.